The van der Waals surface area contributed by atoms with Gasteiger partial charge in [0.25, 0.3) is 5.91 Å². The van der Waals surface area contributed by atoms with Gasteiger partial charge in [0, 0.05) is 35.6 Å². The molecular formula is C23H27N3O4. The number of hydrogen-bond acceptors (Lipinski definition) is 4. The van der Waals surface area contributed by atoms with E-state index in [0.29, 0.717) is 29.9 Å². The van der Waals surface area contributed by atoms with Crippen LogP contribution in [-0.4, -0.2) is 30.1 Å². The summed E-state index contributed by atoms with van der Waals surface area (Å²) in [7, 11) is 0. The normalized spacial score (nSPS) is 14.2. The summed E-state index contributed by atoms with van der Waals surface area (Å²) in [5.74, 6) is -0.168. The number of nitrogens with one attached hydrogen (secondary N) is 2. The van der Waals surface area contributed by atoms with E-state index in [0.717, 1.165) is 18.5 Å². The van der Waals surface area contributed by atoms with E-state index >= 15 is 0 Å². The number of benzene rings is 2. The van der Waals surface area contributed by atoms with Crippen LogP contribution >= 0.6 is 0 Å². The summed E-state index contributed by atoms with van der Waals surface area (Å²) in [6.45, 7) is 6.06. The molecule has 0 aromatic heterocycles. The molecule has 0 bridgehead atoms. The summed E-state index contributed by atoms with van der Waals surface area (Å²) in [6.07, 6.45) is 1.90. The van der Waals surface area contributed by atoms with E-state index in [1.807, 2.05) is 12.1 Å². The highest BCUT2D eigenvalue weighted by molar-refractivity contribution is 6.05. The summed E-state index contributed by atoms with van der Waals surface area (Å²) >= 11 is 0. The van der Waals surface area contributed by atoms with E-state index in [4.69, 9.17) is 4.74 Å². The molecule has 3 amide bonds. The lowest BCUT2D eigenvalue weighted by Gasteiger charge is -2.27. The van der Waals surface area contributed by atoms with Gasteiger partial charge < -0.3 is 15.0 Å². The van der Waals surface area contributed by atoms with Crippen LogP contribution in [0.15, 0.2) is 48.5 Å². The number of piperidine rings is 1. The van der Waals surface area contributed by atoms with Crippen LogP contribution in [-0.2, 0) is 9.53 Å². The molecule has 2 aromatic rings. The van der Waals surface area contributed by atoms with Crippen molar-refractivity contribution < 1.29 is 19.1 Å². The molecule has 1 aliphatic rings. The number of carbonyl (C=O) groups excluding carboxylic acids is 3. The van der Waals surface area contributed by atoms with Crippen molar-refractivity contribution in [1.29, 1.82) is 0 Å². The molecule has 7 nitrogen and oxygen atoms in total. The molecule has 30 heavy (non-hydrogen) atoms. The Hall–Kier alpha value is -3.35. The first kappa shape index (κ1) is 21.4. The van der Waals surface area contributed by atoms with Crippen LogP contribution in [0, 0.1) is 0 Å². The van der Waals surface area contributed by atoms with Gasteiger partial charge in [0.05, 0.1) is 0 Å². The molecule has 3 rings (SSSR count). The van der Waals surface area contributed by atoms with Gasteiger partial charge in [-0.1, -0.05) is 6.07 Å². The summed E-state index contributed by atoms with van der Waals surface area (Å²) in [4.78, 5) is 38.3. The van der Waals surface area contributed by atoms with Gasteiger partial charge in [-0.15, -0.1) is 0 Å². The van der Waals surface area contributed by atoms with Gasteiger partial charge in [0.1, 0.15) is 5.60 Å². The highest BCUT2D eigenvalue weighted by Gasteiger charge is 2.20. The Labute approximate surface area is 176 Å². The van der Waals surface area contributed by atoms with E-state index < -0.39 is 11.7 Å². The number of rotatable bonds is 4. The summed E-state index contributed by atoms with van der Waals surface area (Å²) in [5, 5.41) is 5.49. The first-order valence-electron chi connectivity index (χ1n) is 10.0. The van der Waals surface area contributed by atoms with E-state index in [2.05, 4.69) is 10.6 Å². The lowest BCUT2D eigenvalue weighted by atomic mass is 10.1. The highest BCUT2D eigenvalue weighted by atomic mass is 16.6. The third kappa shape index (κ3) is 5.83. The number of anilines is 3. The predicted molar refractivity (Wildman–Crippen MR) is 117 cm³/mol. The van der Waals surface area contributed by atoms with Crippen LogP contribution in [0.3, 0.4) is 0 Å². The summed E-state index contributed by atoms with van der Waals surface area (Å²) in [5.41, 5.74) is 1.80. The highest BCUT2D eigenvalue weighted by Crippen LogP contribution is 2.24. The molecule has 0 aliphatic carbocycles. The third-order valence-electron chi connectivity index (χ3n) is 4.53. The molecule has 1 fully saturated rings. The smallest absolute Gasteiger partial charge is 0.412 e. The predicted octanol–water partition coefficient (Wildman–Crippen LogP) is 4.80. The monoisotopic (exact) mass is 409 g/mol. The van der Waals surface area contributed by atoms with Crippen molar-refractivity contribution >= 4 is 35.0 Å². The Bertz CT molecular complexity index is 932. The van der Waals surface area contributed by atoms with Crippen molar-refractivity contribution in [2.75, 3.05) is 22.1 Å². The molecule has 7 heteroatoms. The largest absolute Gasteiger partial charge is 0.444 e. The molecule has 158 valence electrons. The zero-order valence-electron chi connectivity index (χ0n) is 17.5. The molecule has 0 spiro atoms. The van der Waals surface area contributed by atoms with Crippen molar-refractivity contribution in [3.05, 3.63) is 54.1 Å². The Morgan fingerprint density at radius 3 is 2.37 bits per heavy atom. The lowest BCUT2D eigenvalue weighted by molar-refractivity contribution is -0.119. The van der Waals surface area contributed by atoms with Gasteiger partial charge in [0.15, 0.2) is 0 Å². The standard InChI is InChI=1S/C23H27N3O4/c1-23(2,3)30-22(29)25-17-12-10-16(11-13-17)21(28)24-18-7-6-8-19(15-18)26-14-5-4-9-20(26)27/h6-8,10-13,15H,4-5,9,14H2,1-3H3,(H,24,28)(H,25,29). The van der Waals surface area contributed by atoms with Gasteiger partial charge in [-0.3, -0.25) is 14.9 Å². The fraction of sp³-hybridized carbons (Fsp3) is 0.348. The Balaban J connectivity index is 1.63. The van der Waals surface area contributed by atoms with Crippen molar-refractivity contribution in [2.45, 2.75) is 45.6 Å². The molecule has 1 saturated heterocycles. The number of nitrogens with zero attached hydrogens (tertiary/aromatic N) is 1. The van der Waals surface area contributed by atoms with Crippen LogP contribution < -0.4 is 15.5 Å². The van der Waals surface area contributed by atoms with Crippen LogP contribution in [0.25, 0.3) is 0 Å². The summed E-state index contributed by atoms with van der Waals surface area (Å²) in [6, 6.07) is 13.8. The quantitative estimate of drug-likeness (QED) is 0.759. The number of hydrogen-bond donors (Lipinski definition) is 2. The minimum atomic E-state index is -0.586. The fourth-order valence-electron chi connectivity index (χ4n) is 3.16. The molecule has 2 N–H and O–H groups in total. The zero-order valence-corrected chi connectivity index (χ0v) is 17.5. The lowest BCUT2D eigenvalue weighted by Crippen LogP contribution is -2.35. The molecule has 0 unspecified atom stereocenters. The van der Waals surface area contributed by atoms with E-state index in [9.17, 15) is 14.4 Å². The van der Waals surface area contributed by atoms with Crippen LogP contribution in [0.2, 0.25) is 0 Å². The second kappa shape index (κ2) is 8.98. The minimum absolute atomic E-state index is 0.109. The maximum atomic E-state index is 12.6. The molecule has 0 atom stereocenters. The fourth-order valence-corrected chi connectivity index (χ4v) is 3.16. The number of carbonyl (C=O) groups is 3. The van der Waals surface area contributed by atoms with Gasteiger partial charge in [-0.25, -0.2) is 4.79 Å². The molecule has 1 heterocycles. The van der Waals surface area contributed by atoms with Crippen molar-refractivity contribution in [1.82, 2.24) is 0 Å². The van der Waals surface area contributed by atoms with Crippen molar-refractivity contribution in [3.8, 4) is 0 Å². The topological polar surface area (TPSA) is 87.7 Å². The van der Waals surface area contributed by atoms with Crippen molar-refractivity contribution in [3.63, 3.8) is 0 Å². The summed E-state index contributed by atoms with van der Waals surface area (Å²) < 4.78 is 5.21. The zero-order chi connectivity index (χ0) is 21.7. The average Bonchev–Trinajstić information content (AvgIpc) is 2.67. The Morgan fingerprint density at radius 1 is 0.967 bits per heavy atom. The van der Waals surface area contributed by atoms with E-state index in [-0.39, 0.29) is 11.8 Å². The number of amides is 3. The third-order valence-corrected chi connectivity index (χ3v) is 4.53. The SMILES string of the molecule is CC(C)(C)OC(=O)Nc1ccc(C(=O)Nc2cccc(N3CCCCC3=O)c2)cc1. The minimum Gasteiger partial charge on any atom is -0.444 e. The Kier molecular flexibility index (Phi) is 6.40. The molecule has 0 saturated carbocycles. The van der Waals surface area contributed by atoms with Crippen LogP contribution in [0.1, 0.15) is 50.4 Å². The maximum Gasteiger partial charge on any atom is 0.412 e. The molecule has 1 aliphatic heterocycles. The first-order chi connectivity index (χ1) is 14.2. The second-order valence-electron chi connectivity index (χ2n) is 8.21. The van der Waals surface area contributed by atoms with Gasteiger partial charge in [-0.2, -0.15) is 0 Å². The first-order valence-corrected chi connectivity index (χ1v) is 10.0. The average molecular weight is 409 g/mol. The van der Waals surface area contributed by atoms with Gasteiger partial charge in [-0.05, 0) is 76.1 Å². The maximum absolute atomic E-state index is 12.6. The van der Waals surface area contributed by atoms with Gasteiger partial charge >= 0.3 is 6.09 Å². The van der Waals surface area contributed by atoms with Crippen LogP contribution in [0.5, 0.6) is 0 Å². The van der Waals surface area contributed by atoms with E-state index in [1.54, 1.807) is 62.1 Å². The molecule has 2 aromatic carbocycles. The Morgan fingerprint density at radius 2 is 1.70 bits per heavy atom. The van der Waals surface area contributed by atoms with Crippen molar-refractivity contribution in [2.24, 2.45) is 0 Å². The molecular weight excluding hydrogens is 382 g/mol. The van der Waals surface area contributed by atoms with Crippen LogP contribution in [0.4, 0.5) is 21.9 Å². The van der Waals surface area contributed by atoms with Gasteiger partial charge in [0.2, 0.25) is 5.91 Å². The van der Waals surface area contributed by atoms with E-state index in [1.165, 1.54) is 0 Å². The molecule has 0 radical (unpaired) electrons. The number of ether oxygens (including phenoxy) is 1. The second-order valence-corrected chi connectivity index (χ2v) is 8.21.